The van der Waals surface area contributed by atoms with E-state index in [-0.39, 0.29) is 0 Å². The Hall–Kier alpha value is -1.35. The minimum absolute atomic E-state index is 0.707. The predicted octanol–water partition coefficient (Wildman–Crippen LogP) is 1.15. The largest absolute Gasteiger partial charge is 0.400 e. The van der Waals surface area contributed by atoms with Crippen molar-refractivity contribution in [3.05, 3.63) is 29.8 Å². The summed E-state index contributed by atoms with van der Waals surface area (Å²) in [4.78, 5) is 10.2. The van der Waals surface area contributed by atoms with Crippen LogP contribution < -0.4 is 5.32 Å². The second-order valence-corrected chi connectivity index (χ2v) is 1.99. The maximum absolute atomic E-state index is 10.2. The van der Waals surface area contributed by atoms with E-state index in [2.05, 4.69) is 5.32 Å². The van der Waals surface area contributed by atoms with Gasteiger partial charge in [0.05, 0.1) is 0 Å². The van der Waals surface area contributed by atoms with E-state index in [0.717, 1.165) is 19.1 Å². The Morgan fingerprint density at radius 1 is 1.25 bits per heavy atom. The highest BCUT2D eigenvalue weighted by molar-refractivity contribution is 5.75. The molecule has 0 aliphatic carbocycles. The zero-order chi connectivity index (χ0) is 9.40. The van der Waals surface area contributed by atoms with Gasteiger partial charge in [-0.1, -0.05) is 0 Å². The number of hydrogen-bond acceptors (Lipinski definition) is 3. The number of anilines is 1. The first-order chi connectivity index (χ1) is 5.86. The zero-order valence-electron chi connectivity index (χ0n) is 7.24. The molecule has 0 amide bonds. The number of carbonyl (C=O) groups is 1. The first kappa shape index (κ1) is 10.7. The summed E-state index contributed by atoms with van der Waals surface area (Å²) in [6.07, 6.45) is 0.833. The molecular formula is C9H13NO2. The Labute approximate surface area is 72.0 Å². The first-order valence-electron chi connectivity index (χ1n) is 3.54. The fourth-order valence-corrected chi connectivity index (χ4v) is 0.728. The second kappa shape index (κ2) is 6.37. The molecule has 0 bridgehead atoms. The molecule has 0 saturated heterocycles. The van der Waals surface area contributed by atoms with Crippen LogP contribution in [0.3, 0.4) is 0 Å². The molecule has 1 aromatic carbocycles. The van der Waals surface area contributed by atoms with Crippen LogP contribution in [0.4, 0.5) is 5.69 Å². The van der Waals surface area contributed by atoms with Crippen LogP contribution in [0.1, 0.15) is 10.4 Å². The van der Waals surface area contributed by atoms with E-state index in [0.29, 0.717) is 5.56 Å². The van der Waals surface area contributed by atoms with Gasteiger partial charge < -0.3 is 10.4 Å². The van der Waals surface area contributed by atoms with Gasteiger partial charge in [-0.2, -0.15) is 0 Å². The Kier molecular flexibility index (Phi) is 5.65. The number of rotatable bonds is 2. The summed E-state index contributed by atoms with van der Waals surface area (Å²) in [5.74, 6) is 0. The molecule has 0 atom stereocenters. The lowest BCUT2D eigenvalue weighted by molar-refractivity contribution is 0.112. The fraction of sp³-hybridized carbons (Fsp3) is 0.222. The van der Waals surface area contributed by atoms with E-state index >= 15 is 0 Å². The summed E-state index contributed by atoms with van der Waals surface area (Å²) in [5, 5.41) is 9.96. The van der Waals surface area contributed by atoms with Crippen LogP contribution in [0.5, 0.6) is 0 Å². The van der Waals surface area contributed by atoms with Crippen LogP contribution in [0.2, 0.25) is 0 Å². The van der Waals surface area contributed by atoms with E-state index in [4.69, 9.17) is 5.11 Å². The molecule has 12 heavy (non-hydrogen) atoms. The number of aliphatic hydroxyl groups excluding tert-OH is 1. The molecule has 66 valence electrons. The van der Waals surface area contributed by atoms with Crippen molar-refractivity contribution in [2.45, 2.75) is 0 Å². The minimum atomic E-state index is 0.707. The van der Waals surface area contributed by atoms with Gasteiger partial charge in [0.2, 0.25) is 0 Å². The van der Waals surface area contributed by atoms with Crippen LogP contribution in [-0.2, 0) is 0 Å². The smallest absolute Gasteiger partial charge is 0.150 e. The first-order valence-corrected chi connectivity index (χ1v) is 3.54. The van der Waals surface area contributed by atoms with Gasteiger partial charge >= 0.3 is 0 Å². The van der Waals surface area contributed by atoms with Crippen LogP contribution in [0.25, 0.3) is 0 Å². The third-order valence-electron chi connectivity index (χ3n) is 1.34. The summed E-state index contributed by atoms with van der Waals surface area (Å²) in [7, 11) is 2.84. The highest BCUT2D eigenvalue weighted by Crippen LogP contribution is 2.05. The highest BCUT2D eigenvalue weighted by Gasteiger charge is 1.87. The number of aldehydes is 1. The standard InChI is InChI=1S/C8H9NO.CH4O/c1-9-8-4-2-7(6-10)3-5-8;1-2/h2-6,9H,1H3;2H,1H3. The Balaban J connectivity index is 0.000000561. The average molecular weight is 167 g/mol. The molecule has 3 heteroatoms. The average Bonchev–Trinajstić information content (AvgIpc) is 2.21. The van der Waals surface area contributed by atoms with Crippen LogP contribution in [0.15, 0.2) is 24.3 Å². The molecule has 0 saturated carbocycles. The Morgan fingerprint density at radius 3 is 2.08 bits per heavy atom. The summed E-state index contributed by atoms with van der Waals surface area (Å²) in [6.45, 7) is 0. The summed E-state index contributed by atoms with van der Waals surface area (Å²) < 4.78 is 0. The SMILES string of the molecule is CNc1ccc(C=O)cc1.CO. The van der Waals surface area contributed by atoms with Crippen molar-refractivity contribution in [1.29, 1.82) is 0 Å². The fourth-order valence-electron chi connectivity index (χ4n) is 0.728. The van der Waals surface area contributed by atoms with E-state index in [1.54, 1.807) is 12.1 Å². The van der Waals surface area contributed by atoms with Gasteiger partial charge in [0.25, 0.3) is 0 Å². The van der Waals surface area contributed by atoms with Gasteiger partial charge in [-0.05, 0) is 24.3 Å². The van der Waals surface area contributed by atoms with E-state index in [1.165, 1.54) is 0 Å². The lowest BCUT2D eigenvalue weighted by atomic mass is 10.2. The maximum Gasteiger partial charge on any atom is 0.150 e. The molecule has 1 rings (SSSR count). The van der Waals surface area contributed by atoms with Crippen LogP contribution in [0, 0.1) is 0 Å². The highest BCUT2D eigenvalue weighted by atomic mass is 16.2. The van der Waals surface area contributed by atoms with Gasteiger partial charge in [-0.3, -0.25) is 4.79 Å². The van der Waals surface area contributed by atoms with Crippen molar-refractivity contribution in [2.75, 3.05) is 19.5 Å². The topological polar surface area (TPSA) is 49.3 Å². The van der Waals surface area contributed by atoms with Crippen molar-refractivity contribution in [2.24, 2.45) is 0 Å². The second-order valence-electron chi connectivity index (χ2n) is 1.99. The van der Waals surface area contributed by atoms with Crippen molar-refractivity contribution in [3.63, 3.8) is 0 Å². The molecule has 3 nitrogen and oxygen atoms in total. The van der Waals surface area contributed by atoms with E-state index in [9.17, 15) is 4.79 Å². The molecule has 0 aliphatic heterocycles. The lowest BCUT2D eigenvalue weighted by Crippen LogP contribution is -1.87. The predicted molar refractivity (Wildman–Crippen MR) is 49.5 cm³/mol. The third kappa shape index (κ3) is 3.16. The Morgan fingerprint density at radius 2 is 1.75 bits per heavy atom. The van der Waals surface area contributed by atoms with Gasteiger partial charge in [0.1, 0.15) is 6.29 Å². The van der Waals surface area contributed by atoms with Gasteiger partial charge in [0.15, 0.2) is 0 Å². The summed E-state index contributed by atoms with van der Waals surface area (Å²) in [6, 6.07) is 7.28. The van der Waals surface area contributed by atoms with Gasteiger partial charge in [-0.15, -0.1) is 0 Å². The molecule has 1 aromatic rings. The normalized spacial score (nSPS) is 7.92. The third-order valence-corrected chi connectivity index (χ3v) is 1.34. The van der Waals surface area contributed by atoms with Crippen molar-refractivity contribution >= 4 is 12.0 Å². The maximum atomic E-state index is 10.2. The van der Waals surface area contributed by atoms with Crippen LogP contribution >= 0.6 is 0 Å². The monoisotopic (exact) mass is 167 g/mol. The van der Waals surface area contributed by atoms with Crippen LogP contribution in [-0.4, -0.2) is 25.6 Å². The summed E-state index contributed by atoms with van der Waals surface area (Å²) >= 11 is 0. The number of aliphatic hydroxyl groups is 1. The van der Waals surface area contributed by atoms with Crippen molar-refractivity contribution < 1.29 is 9.90 Å². The molecule has 2 N–H and O–H groups in total. The Bertz CT molecular complexity index is 218. The number of benzene rings is 1. The minimum Gasteiger partial charge on any atom is -0.400 e. The summed E-state index contributed by atoms with van der Waals surface area (Å²) in [5.41, 5.74) is 1.73. The van der Waals surface area contributed by atoms with E-state index < -0.39 is 0 Å². The van der Waals surface area contributed by atoms with E-state index in [1.807, 2.05) is 19.2 Å². The van der Waals surface area contributed by atoms with Crippen molar-refractivity contribution in [1.82, 2.24) is 0 Å². The molecule has 0 aromatic heterocycles. The molecule has 0 spiro atoms. The lowest BCUT2D eigenvalue weighted by Gasteiger charge is -1.97. The zero-order valence-corrected chi connectivity index (χ0v) is 7.24. The molecule has 0 fully saturated rings. The van der Waals surface area contributed by atoms with Gasteiger partial charge in [0, 0.05) is 25.4 Å². The van der Waals surface area contributed by atoms with Crippen molar-refractivity contribution in [3.8, 4) is 0 Å². The number of nitrogens with one attached hydrogen (secondary N) is 1. The molecule has 0 radical (unpaired) electrons. The molecular weight excluding hydrogens is 154 g/mol. The molecule has 0 aliphatic rings. The molecule has 0 unspecified atom stereocenters. The number of hydrogen-bond donors (Lipinski definition) is 2. The molecule has 0 heterocycles. The quantitative estimate of drug-likeness (QED) is 0.649. The van der Waals surface area contributed by atoms with Gasteiger partial charge in [-0.25, -0.2) is 0 Å². The number of carbonyl (C=O) groups excluding carboxylic acids is 1.